The number of aryl methyl sites for hydroxylation is 1. The number of hydrogen-bond donors (Lipinski definition) is 3. The number of thiocarbonyl (C=S) groups is 1. The number of ether oxygens (including phenoxy) is 4. The van der Waals surface area contributed by atoms with E-state index in [-0.39, 0.29) is 11.8 Å². The number of aliphatic hydroxyl groups is 3. The van der Waals surface area contributed by atoms with Crippen molar-refractivity contribution in [1.82, 2.24) is 0 Å². The van der Waals surface area contributed by atoms with E-state index >= 15 is 0 Å². The highest BCUT2D eigenvalue weighted by molar-refractivity contribution is 7.79. The molecular formula is C15H20O7S. The van der Waals surface area contributed by atoms with Gasteiger partial charge in [0.05, 0.1) is 0 Å². The molecule has 0 spiro atoms. The van der Waals surface area contributed by atoms with Gasteiger partial charge in [0.15, 0.2) is 6.29 Å². The molecule has 0 bridgehead atoms. The van der Waals surface area contributed by atoms with E-state index in [2.05, 4.69) is 0 Å². The summed E-state index contributed by atoms with van der Waals surface area (Å²) in [5.41, 5.74) is 1.08. The maximum Gasteiger partial charge on any atom is 0.357 e. The molecule has 1 aliphatic heterocycles. The highest BCUT2D eigenvalue weighted by Gasteiger charge is 2.44. The van der Waals surface area contributed by atoms with Gasteiger partial charge in [-0.25, -0.2) is 0 Å². The first-order valence-electron chi connectivity index (χ1n) is 7.06. The van der Waals surface area contributed by atoms with E-state index < -0.39 is 30.7 Å². The van der Waals surface area contributed by atoms with Crippen LogP contribution in [-0.2, 0) is 14.2 Å². The Hall–Kier alpha value is -1.29. The number of hydrogen-bond acceptors (Lipinski definition) is 8. The first-order chi connectivity index (χ1) is 10.9. The monoisotopic (exact) mass is 344 g/mol. The minimum absolute atomic E-state index is 0.140. The zero-order valence-electron chi connectivity index (χ0n) is 12.8. The average Bonchev–Trinajstić information content (AvgIpc) is 2.54. The van der Waals surface area contributed by atoms with Crippen LogP contribution in [0.5, 0.6) is 5.75 Å². The molecular weight excluding hydrogens is 324 g/mol. The topological polar surface area (TPSA) is 97.6 Å². The average molecular weight is 344 g/mol. The van der Waals surface area contributed by atoms with Gasteiger partial charge in [-0.15, -0.1) is 0 Å². The fourth-order valence-electron chi connectivity index (χ4n) is 2.13. The molecule has 3 N–H and O–H groups in total. The van der Waals surface area contributed by atoms with Crippen molar-refractivity contribution in [3.05, 3.63) is 29.8 Å². The number of methoxy groups -OCH3 is 1. The number of aliphatic hydroxyl groups excluding tert-OH is 3. The van der Waals surface area contributed by atoms with E-state index in [1.807, 2.05) is 19.1 Å². The first kappa shape index (κ1) is 18.1. The van der Waals surface area contributed by atoms with Crippen molar-refractivity contribution < 1.29 is 34.3 Å². The highest BCUT2D eigenvalue weighted by atomic mass is 32.1. The molecule has 1 aromatic carbocycles. The van der Waals surface area contributed by atoms with Gasteiger partial charge < -0.3 is 34.3 Å². The molecule has 0 saturated carbocycles. The van der Waals surface area contributed by atoms with Crippen molar-refractivity contribution in [2.24, 2.45) is 0 Å². The van der Waals surface area contributed by atoms with Gasteiger partial charge in [0.2, 0.25) is 0 Å². The molecule has 23 heavy (non-hydrogen) atoms. The number of rotatable bonds is 4. The second-order valence-corrected chi connectivity index (χ2v) is 5.56. The van der Waals surface area contributed by atoms with E-state index in [0.29, 0.717) is 5.75 Å². The van der Waals surface area contributed by atoms with Crippen LogP contribution in [-0.4, -0.2) is 65.0 Å². The largest absolute Gasteiger partial charge is 0.454 e. The molecule has 1 heterocycles. The molecule has 0 amide bonds. The van der Waals surface area contributed by atoms with Crippen LogP contribution in [0.2, 0.25) is 0 Å². The molecule has 128 valence electrons. The van der Waals surface area contributed by atoms with E-state index in [9.17, 15) is 15.3 Å². The summed E-state index contributed by atoms with van der Waals surface area (Å²) < 4.78 is 20.8. The molecule has 5 atom stereocenters. The van der Waals surface area contributed by atoms with Gasteiger partial charge in [0.1, 0.15) is 36.8 Å². The summed E-state index contributed by atoms with van der Waals surface area (Å²) in [6.45, 7) is 1.79. The van der Waals surface area contributed by atoms with Crippen LogP contribution in [0, 0.1) is 6.92 Å². The Morgan fingerprint density at radius 1 is 1.13 bits per heavy atom. The summed E-state index contributed by atoms with van der Waals surface area (Å²) in [7, 11) is 1.32. The van der Waals surface area contributed by atoms with Crippen LogP contribution in [0.4, 0.5) is 0 Å². The second kappa shape index (κ2) is 8.00. The lowest BCUT2D eigenvalue weighted by Crippen LogP contribution is -2.59. The summed E-state index contributed by atoms with van der Waals surface area (Å²) in [5.74, 6) is 0.524. The Labute approximate surface area is 139 Å². The van der Waals surface area contributed by atoms with Crippen LogP contribution >= 0.6 is 12.2 Å². The van der Waals surface area contributed by atoms with Crippen LogP contribution in [0.25, 0.3) is 0 Å². The van der Waals surface area contributed by atoms with Crippen LogP contribution in [0.1, 0.15) is 5.56 Å². The Bertz CT molecular complexity index is 519. The summed E-state index contributed by atoms with van der Waals surface area (Å²) >= 11 is 4.96. The van der Waals surface area contributed by atoms with Crippen molar-refractivity contribution in [1.29, 1.82) is 0 Å². The predicted octanol–water partition coefficient (Wildman–Crippen LogP) is 0.129. The summed E-state index contributed by atoms with van der Waals surface area (Å²) in [6, 6.07) is 7.23. The molecule has 1 aromatic rings. The molecule has 1 fully saturated rings. The van der Waals surface area contributed by atoms with Gasteiger partial charge in [-0.1, -0.05) is 17.7 Å². The Morgan fingerprint density at radius 3 is 2.39 bits per heavy atom. The molecule has 0 radical (unpaired) electrons. The van der Waals surface area contributed by atoms with Crippen molar-refractivity contribution in [3.63, 3.8) is 0 Å². The normalized spacial score (nSPS) is 30.7. The van der Waals surface area contributed by atoms with Gasteiger partial charge in [0.25, 0.3) is 0 Å². The highest BCUT2D eigenvalue weighted by Crippen LogP contribution is 2.22. The standard InChI is InChI=1S/C15H20O7S/c1-8-3-5-9(6-4-8)21-15(23)20-7-10-11(16)12(17)13(18)14(19-2)22-10/h3-6,10-14,16-18H,7H2,1-2H3/t10-,11-,12+,13-,14-/m1/s1. The summed E-state index contributed by atoms with van der Waals surface area (Å²) in [4.78, 5) is 0. The zero-order chi connectivity index (χ0) is 17.0. The molecule has 8 heteroatoms. The number of benzene rings is 1. The fourth-order valence-corrected chi connectivity index (χ4v) is 2.30. The predicted molar refractivity (Wildman–Crippen MR) is 84.0 cm³/mol. The first-order valence-corrected chi connectivity index (χ1v) is 7.47. The lowest BCUT2D eigenvalue weighted by molar-refractivity contribution is -0.293. The van der Waals surface area contributed by atoms with Crippen LogP contribution < -0.4 is 4.74 Å². The molecule has 7 nitrogen and oxygen atoms in total. The smallest absolute Gasteiger partial charge is 0.357 e. The van der Waals surface area contributed by atoms with E-state index in [1.54, 1.807) is 12.1 Å². The van der Waals surface area contributed by atoms with Crippen molar-refractivity contribution in [2.45, 2.75) is 37.6 Å². The molecule has 1 aliphatic rings. The summed E-state index contributed by atoms with van der Waals surface area (Å²) in [5, 5.41) is 29.2. The lowest BCUT2D eigenvalue weighted by atomic mass is 9.99. The van der Waals surface area contributed by atoms with Gasteiger partial charge in [-0.05, 0) is 19.1 Å². The Kier molecular flexibility index (Phi) is 6.28. The SMILES string of the molecule is CO[C@@H]1O[C@H](COC(=S)Oc2ccc(C)cc2)[C@@H](O)[C@H](O)[C@H]1O. The molecule has 0 aromatic heterocycles. The summed E-state index contributed by atoms with van der Waals surface area (Å²) in [6.07, 6.45) is -6.07. The van der Waals surface area contributed by atoms with Crippen molar-refractivity contribution in [2.75, 3.05) is 13.7 Å². The quantitative estimate of drug-likeness (QED) is 0.663. The van der Waals surface area contributed by atoms with Crippen molar-refractivity contribution in [3.8, 4) is 5.75 Å². The van der Waals surface area contributed by atoms with Gasteiger partial charge in [0, 0.05) is 19.3 Å². The molecule has 0 aliphatic carbocycles. The maximum absolute atomic E-state index is 9.90. The minimum atomic E-state index is -1.41. The lowest BCUT2D eigenvalue weighted by Gasteiger charge is -2.39. The van der Waals surface area contributed by atoms with Gasteiger partial charge in [-0.2, -0.15) is 0 Å². The van der Waals surface area contributed by atoms with E-state index in [0.717, 1.165) is 5.56 Å². The van der Waals surface area contributed by atoms with Crippen molar-refractivity contribution >= 4 is 17.5 Å². The van der Waals surface area contributed by atoms with E-state index in [1.165, 1.54) is 7.11 Å². The fraction of sp³-hybridized carbons (Fsp3) is 0.533. The molecule has 1 saturated heterocycles. The molecule has 2 rings (SSSR count). The third kappa shape index (κ3) is 4.60. The molecule has 0 unspecified atom stereocenters. The van der Waals surface area contributed by atoms with Gasteiger partial charge >= 0.3 is 5.24 Å². The minimum Gasteiger partial charge on any atom is -0.454 e. The second-order valence-electron chi connectivity index (χ2n) is 5.23. The van der Waals surface area contributed by atoms with E-state index in [4.69, 9.17) is 31.2 Å². The Morgan fingerprint density at radius 2 is 1.78 bits per heavy atom. The van der Waals surface area contributed by atoms with Crippen LogP contribution in [0.15, 0.2) is 24.3 Å². The zero-order valence-corrected chi connectivity index (χ0v) is 13.6. The van der Waals surface area contributed by atoms with Gasteiger partial charge in [-0.3, -0.25) is 0 Å². The maximum atomic E-state index is 9.90. The Balaban J connectivity index is 1.86. The third-order valence-corrected chi connectivity index (χ3v) is 3.69. The van der Waals surface area contributed by atoms with Crippen LogP contribution in [0.3, 0.4) is 0 Å². The third-order valence-electron chi connectivity index (χ3n) is 3.49.